The largest absolute Gasteiger partial charge is 0.493 e. The SMILES string of the molecule is CCOc1ccc(C)cc1/C(S)=C(/S)C(C)(C)C. The first-order valence-electron chi connectivity index (χ1n) is 6.14. The highest BCUT2D eigenvalue weighted by Gasteiger charge is 2.19. The van der Waals surface area contributed by atoms with Crippen molar-refractivity contribution in [2.75, 3.05) is 6.61 Å². The molecule has 0 amide bonds. The minimum absolute atomic E-state index is 0.0204. The quantitative estimate of drug-likeness (QED) is 0.744. The van der Waals surface area contributed by atoms with Gasteiger partial charge in [0.15, 0.2) is 0 Å². The molecule has 0 aliphatic carbocycles. The first kappa shape index (κ1) is 15.5. The smallest absolute Gasteiger partial charge is 0.127 e. The van der Waals surface area contributed by atoms with Crippen LogP contribution in [-0.2, 0) is 0 Å². The van der Waals surface area contributed by atoms with Gasteiger partial charge in [-0.05, 0) is 31.4 Å². The Bertz CT molecular complexity index is 456. The highest BCUT2D eigenvalue weighted by atomic mass is 32.1. The van der Waals surface area contributed by atoms with Gasteiger partial charge in [0, 0.05) is 15.4 Å². The van der Waals surface area contributed by atoms with Gasteiger partial charge in [-0.1, -0.05) is 32.4 Å². The van der Waals surface area contributed by atoms with Crippen LogP contribution in [0.2, 0.25) is 0 Å². The molecule has 18 heavy (non-hydrogen) atoms. The summed E-state index contributed by atoms with van der Waals surface area (Å²) in [4.78, 5) is 1.86. The first-order chi connectivity index (χ1) is 8.27. The molecule has 100 valence electrons. The summed E-state index contributed by atoms with van der Waals surface area (Å²) in [5.41, 5.74) is 2.18. The summed E-state index contributed by atoms with van der Waals surface area (Å²) >= 11 is 9.26. The molecule has 0 saturated carbocycles. The van der Waals surface area contributed by atoms with Crippen LogP contribution in [0.15, 0.2) is 23.1 Å². The van der Waals surface area contributed by atoms with Crippen LogP contribution in [0.3, 0.4) is 0 Å². The van der Waals surface area contributed by atoms with Crippen molar-refractivity contribution in [3.63, 3.8) is 0 Å². The molecule has 0 aromatic heterocycles. The lowest BCUT2D eigenvalue weighted by Gasteiger charge is -2.22. The van der Waals surface area contributed by atoms with E-state index in [0.29, 0.717) is 6.61 Å². The molecule has 0 bridgehead atoms. The Balaban J connectivity index is 3.35. The molecule has 1 nitrogen and oxygen atoms in total. The van der Waals surface area contributed by atoms with E-state index in [-0.39, 0.29) is 5.41 Å². The Kier molecular flexibility index (Phi) is 5.23. The van der Waals surface area contributed by atoms with Crippen molar-refractivity contribution in [2.45, 2.75) is 34.6 Å². The number of rotatable bonds is 3. The van der Waals surface area contributed by atoms with Crippen molar-refractivity contribution in [1.82, 2.24) is 0 Å². The lowest BCUT2D eigenvalue weighted by atomic mass is 9.94. The third-order valence-electron chi connectivity index (χ3n) is 2.62. The maximum atomic E-state index is 5.66. The zero-order valence-corrected chi connectivity index (χ0v) is 13.5. The zero-order chi connectivity index (χ0) is 13.9. The van der Waals surface area contributed by atoms with E-state index < -0.39 is 0 Å². The van der Waals surface area contributed by atoms with Crippen molar-refractivity contribution in [2.24, 2.45) is 5.41 Å². The molecule has 0 aliphatic heterocycles. The minimum Gasteiger partial charge on any atom is -0.493 e. The lowest BCUT2D eigenvalue weighted by Crippen LogP contribution is -2.06. The summed E-state index contributed by atoms with van der Waals surface area (Å²) < 4.78 is 5.66. The minimum atomic E-state index is -0.0204. The third kappa shape index (κ3) is 3.72. The van der Waals surface area contributed by atoms with E-state index in [0.717, 1.165) is 21.1 Å². The Morgan fingerprint density at radius 2 is 1.83 bits per heavy atom. The van der Waals surface area contributed by atoms with Gasteiger partial charge in [-0.2, -0.15) is 0 Å². The van der Waals surface area contributed by atoms with Crippen LogP contribution < -0.4 is 4.74 Å². The summed E-state index contributed by atoms with van der Waals surface area (Å²) in [6.07, 6.45) is 0. The highest BCUT2D eigenvalue weighted by Crippen LogP contribution is 2.40. The molecule has 0 radical (unpaired) electrons. The van der Waals surface area contributed by atoms with Gasteiger partial charge in [-0.15, -0.1) is 25.3 Å². The van der Waals surface area contributed by atoms with Crippen LogP contribution in [-0.4, -0.2) is 6.61 Å². The molecule has 0 atom stereocenters. The summed E-state index contributed by atoms with van der Waals surface area (Å²) in [5.74, 6) is 0.865. The third-order valence-corrected chi connectivity index (χ3v) is 4.16. The molecule has 0 N–H and O–H groups in total. The number of allylic oxidation sites excluding steroid dienone is 1. The van der Waals surface area contributed by atoms with Crippen molar-refractivity contribution in [3.8, 4) is 5.75 Å². The topological polar surface area (TPSA) is 9.23 Å². The Morgan fingerprint density at radius 3 is 2.33 bits per heavy atom. The molecule has 0 heterocycles. The van der Waals surface area contributed by atoms with Crippen LogP contribution in [0.1, 0.15) is 38.8 Å². The lowest BCUT2D eigenvalue weighted by molar-refractivity contribution is 0.339. The van der Waals surface area contributed by atoms with E-state index in [1.54, 1.807) is 0 Å². The number of thiol groups is 2. The van der Waals surface area contributed by atoms with Gasteiger partial charge >= 0.3 is 0 Å². The van der Waals surface area contributed by atoms with E-state index in [9.17, 15) is 0 Å². The summed E-state index contributed by atoms with van der Waals surface area (Å²) in [5, 5.41) is 0. The Morgan fingerprint density at radius 1 is 1.22 bits per heavy atom. The monoisotopic (exact) mass is 282 g/mol. The summed E-state index contributed by atoms with van der Waals surface area (Å²) in [6.45, 7) is 11.1. The van der Waals surface area contributed by atoms with Gasteiger partial charge in [0.25, 0.3) is 0 Å². The predicted molar refractivity (Wildman–Crippen MR) is 86.7 cm³/mol. The van der Waals surface area contributed by atoms with Gasteiger partial charge in [-0.3, -0.25) is 0 Å². The van der Waals surface area contributed by atoms with Crippen LogP contribution in [0.5, 0.6) is 5.75 Å². The second-order valence-corrected chi connectivity index (χ2v) is 6.27. The van der Waals surface area contributed by atoms with Crippen molar-refractivity contribution < 1.29 is 4.74 Å². The van der Waals surface area contributed by atoms with E-state index in [1.807, 2.05) is 19.1 Å². The maximum Gasteiger partial charge on any atom is 0.127 e. The fourth-order valence-electron chi connectivity index (χ4n) is 1.59. The molecular formula is C15H22OS2. The van der Waals surface area contributed by atoms with Crippen molar-refractivity contribution in [3.05, 3.63) is 34.2 Å². The molecule has 0 aliphatic rings. The molecule has 0 spiro atoms. The van der Waals surface area contributed by atoms with Gasteiger partial charge in [0.05, 0.1) is 6.61 Å². The molecular weight excluding hydrogens is 260 g/mol. The number of hydrogen-bond acceptors (Lipinski definition) is 3. The molecule has 0 fully saturated rings. The van der Waals surface area contributed by atoms with Crippen molar-refractivity contribution >= 4 is 30.2 Å². The van der Waals surface area contributed by atoms with Crippen LogP contribution in [0.25, 0.3) is 4.91 Å². The average molecular weight is 282 g/mol. The van der Waals surface area contributed by atoms with Crippen LogP contribution >= 0.6 is 25.3 Å². The van der Waals surface area contributed by atoms with E-state index in [2.05, 4.69) is 59.0 Å². The number of aryl methyl sites for hydroxylation is 1. The number of benzene rings is 1. The van der Waals surface area contributed by atoms with Crippen LogP contribution in [0, 0.1) is 12.3 Å². The molecule has 1 aromatic rings. The van der Waals surface area contributed by atoms with Gasteiger partial charge in [-0.25, -0.2) is 0 Å². The second kappa shape index (κ2) is 6.07. The molecule has 0 unspecified atom stereocenters. The Labute approximate surface area is 121 Å². The van der Waals surface area contributed by atoms with E-state index in [4.69, 9.17) is 4.74 Å². The summed E-state index contributed by atoms with van der Waals surface area (Å²) in [7, 11) is 0. The molecule has 3 heteroatoms. The normalized spacial score (nSPS) is 13.3. The maximum absolute atomic E-state index is 5.66. The van der Waals surface area contributed by atoms with E-state index in [1.165, 1.54) is 5.56 Å². The average Bonchev–Trinajstić information content (AvgIpc) is 2.28. The predicted octanol–water partition coefficient (Wildman–Crippen LogP) is 4.97. The standard InChI is InChI=1S/C15H22OS2/c1-6-16-12-8-7-10(2)9-11(12)13(17)14(18)15(3,4)5/h7-9,17-18H,6H2,1-5H3/b14-13-. The van der Waals surface area contributed by atoms with Gasteiger partial charge < -0.3 is 4.74 Å². The second-order valence-electron chi connectivity index (χ2n) is 5.38. The summed E-state index contributed by atoms with van der Waals surface area (Å²) in [6, 6.07) is 6.13. The van der Waals surface area contributed by atoms with Crippen LogP contribution in [0.4, 0.5) is 0 Å². The fourth-order valence-corrected chi connectivity index (χ4v) is 2.22. The fraction of sp³-hybridized carbons (Fsp3) is 0.467. The molecule has 1 aromatic carbocycles. The zero-order valence-electron chi connectivity index (χ0n) is 11.7. The number of hydrogen-bond donors (Lipinski definition) is 2. The van der Waals surface area contributed by atoms with Gasteiger partial charge in [0.1, 0.15) is 5.75 Å². The van der Waals surface area contributed by atoms with E-state index >= 15 is 0 Å². The molecule has 0 saturated heterocycles. The van der Waals surface area contributed by atoms with Crippen molar-refractivity contribution in [1.29, 1.82) is 0 Å². The Hall–Kier alpha value is -0.540. The highest BCUT2D eigenvalue weighted by molar-refractivity contribution is 7.93. The van der Waals surface area contributed by atoms with Gasteiger partial charge in [0.2, 0.25) is 0 Å². The first-order valence-corrected chi connectivity index (χ1v) is 7.03. The number of ether oxygens (including phenoxy) is 1. The molecule has 1 rings (SSSR count).